The van der Waals surface area contributed by atoms with Crippen LogP contribution in [-0.2, 0) is 4.79 Å². The number of nitrogens with zero attached hydrogens (tertiary/aromatic N) is 4. The van der Waals surface area contributed by atoms with E-state index in [1.54, 1.807) is 40.2 Å². The lowest BCUT2D eigenvalue weighted by Crippen LogP contribution is -2.60. The molecule has 0 saturated heterocycles. The normalized spacial score (nSPS) is 29.6. The highest BCUT2D eigenvalue weighted by Gasteiger charge is 2.55. The molecule has 9 heteroatoms. The Labute approximate surface area is 206 Å². The fourth-order valence-corrected chi connectivity index (χ4v) is 6.84. The summed E-state index contributed by atoms with van der Waals surface area (Å²) < 4.78 is 3.26. The Morgan fingerprint density at radius 2 is 1.97 bits per heavy atom. The molecule has 0 spiro atoms. The summed E-state index contributed by atoms with van der Waals surface area (Å²) in [5.41, 5.74) is -0.0566. The second kappa shape index (κ2) is 8.93. The first kappa shape index (κ1) is 23.8. The van der Waals surface area contributed by atoms with Crippen LogP contribution in [0.3, 0.4) is 0 Å². The maximum absolute atomic E-state index is 13.6. The van der Waals surface area contributed by atoms with Crippen molar-refractivity contribution < 1.29 is 14.7 Å². The molecule has 0 radical (unpaired) electrons. The molecule has 3 N–H and O–H groups in total. The van der Waals surface area contributed by atoms with E-state index in [1.165, 1.54) is 0 Å². The smallest absolute Gasteiger partial charge is 0.257 e. The summed E-state index contributed by atoms with van der Waals surface area (Å²) in [5, 5.41) is 25.2. The molecular formula is C26H36N6O3. The van der Waals surface area contributed by atoms with Crippen molar-refractivity contribution in [3.05, 3.63) is 36.3 Å². The molecule has 35 heavy (non-hydrogen) atoms. The summed E-state index contributed by atoms with van der Waals surface area (Å²) in [7, 11) is 0. The van der Waals surface area contributed by atoms with Crippen molar-refractivity contribution >= 4 is 18.0 Å². The average molecular weight is 481 g/mol. The maximum Gasteiger partial charge on any atom is 0.257 e. The van der Waals surface area contributed by atoms with Gasteiger partial charge in [0, 0.05) is 37.7 Å². The van der Waals surface area contributed by atoms with Gasteiger partial charge in [-0.25, -0.2) is 9.36 Å². The standard InChI is InChI=1S/C26H36N6O3/c1-4-21(34)30-25(2,3)6-9-32-24(31-8-5-7-27-31)20(15-28-32)23(35)29-22-18-10-17-11-19(22)14-26(12-17,13-18)16-33/h5-9,15,17-19,22,33H,4,10-14,16H2,1-3H3,(H,29,35)(H,30,34)/b9-6+/t17?,18?,19?,22-,26+. The molecule has 2 atom stereocenters. The van der Waals surface area contributed by atoms with Gasteiger partial charge in [0.1, 0.15) is 5.56 Å². The number of rotatable bonds is 8. The minimum Gasteiger partial charge on any atom is -0.396 e. The van der Waals surface area contributed by atoms with Crippen LogP contribution >= 0.6 is 0 Å². The number of carbonyl (C=O) groups excluding carboxylic acids is 2. The molecular weight excluding hydrogens is 444 g/mol. The third-order valence-electron chi connectivity index (χ3n) is 8.18. The molecule has 2 heterocycles. The maximum atomic E-state index is 13.6. The van der Waals surface area contributed by atoms with E-state index in [9.17, 15) is 14.7 Å². The lowest BCUT2D eigenvalue weighted by molar-refractivity contribution is -0.121. The Morgan fingerprint density at radius 1 is 1.23 bits per heavy atom. The quantitative estimate of drug-likeness (QED) is 0.538. The van der Waals surface area contributed by atoms with E-state index in [4.69, 9.17) is 0 Å². The van der Waals surface area contributed by atoms with E-state index >= 15 is 0 Å². The van der Waals surface area contributed by atoms with Gasteiger partial charge in [-0.2, -0.15) is 10.2 Å². The van der Waals surface area contributed by atoms with Crippen molar-refractivity contribution in [1.29, 1.82) is 0 Å². The van der Waals surface area contributed by atoms with Crippen LogP contribution < -0.4 is 10.6 Å². The summed E-state index contributed by atoms with van der Waals surface area (Å²) in [6, 6.07) is 1.94. The van der Waals surface area contributed by atoms with Crippen LogP contribution in [0.4, 0.5) is 0 Å². The van der Waals surface area contributed by atoms with Gasteiger partial charge in [0.15, 0.2) is 5.82 Å². The number of nitrogens with one attached hydrogen (secondary N) is 2. The monoisotopic (exact) mass is 480 g/mol. The second-order valence-corrected chi connectivity index (χ2v) is 11.3. The molecule has 2 amide bonds. The Bertz CT molecular complexity index is 1100. The Morgan fingerprint density at radius 3 is 2.60 bits per heavy atom. The van der Waals surface area contributed by atoms with E-state index in [-0.39, 0.29) is 29.9 Å². The SMILES string of the molecule is CCC(=O)NC(C)(C)/C=C/n1ncc(C(=O)N[C@H]2C3CC4CC2C[C@@](CO)(C4)C3)c1-n1cccn1. The number of amides is 2. The minimum absolute atomic E-state index is 0.0360. The minimum atomic E-state index is -0.577. The first-order chi connectivity index (χ1) is 16.7. The van der Waals surface area contributed by atoms with Gasteiger partial charge < -0.3 is 15.7 Å². The molecule has 0 aromatic carbocycles. The van der Waals surface area contributed by atoms with E-state index in [1.807, 2.05) is 26.8 Å². The molecule has 4 saturated carbocycles. The van der Waals surface area contributed by atoms with Gasteiger partial charge in [0.05, 0.1) is 11.7 Å². The van der Waals surface area contributed by atoms with Crippen molar-refractivity contribution in [2.45, 2.75) is 70.9 Å². The van der Waals surface area contributed by atoms with Gasteiger partial charge in [0.25, 0.3) is 5.91 Å². The van der Waals surface area contributed by atoms with Crippen LogP contribution in [0.1, 0.15) is 69.7 Å². The van der Waals surface area contributed by atoms with E-state index in [2.05, 4.69) is 20.8 Å². The highest BCUT2D eigenvalue weighted by molar-refractivity contribution is 5.97. The Hall–Kier alpha value is -2.94. The summed E-state index contributed by atoms with van der Waals surface area (Å²) in [4.78, 5) is 25.4. The van der Waals surface area contributed by atoms with Crippen LogP contribution in [0.15, 0.2) is 30.7 Å². The zero-order chi connectivity index (χ0) is 24.8. The molecule has 2 unspecified atom stereocenters. The lowest BCUT2D eigenvalue weighted by Gasteiger charge is -2.59. The van der Waals surface area contributed by atoms with Crippen molar-refractivity contribution in [3.63, 3.8) is 0 Å². The zero-order valence-corrected chi connectivity index (χ0v) is 20.8. The summed E-state index contributed by atoms with van der Waals surface area (Å²) in [6.07, 6.45) is 14.5. The fraction of sp³-hybridized carbons (Fsp3) is 0.615. The molecule has 4 fully saturated rings. The molecule has 4 aliphatic carbocycles. The first-order valence-corrected chi connectivity index (χ1v) is 12.7. The zero-order valence-electron chi connectivity index (χ0n) is 20.8. The molecule has 0 aliphatic heterocycles. The number of hydrogen-bond donors (Lipinski definition) is 3. The first-order valence-electron chi connectivity index (χ1n) is 12.7. The van der Waals surface area contributed by atoms with Crippen LogP contribution in [-0.4, -0.2) is 54.7 Å². The Kier molecular flexibility index (Phi) is 6.07. The number of aromatic nitrogens is 4. The highest BCUT2D eigenvalue weighted by atomic mass is 16.3. The molecule has 188 valence electrons. The van der Waals surface area contributed by atoms with E-state index < -0.39 is 5.54 Å². The van der Waals surface area contributed by atoms with Crippen molar-refractivity contribution in [2.24, 2.45) is 23.2 Å². The van der Waals surface area contributed by atoms with Crippen LogP contribution in [0, 0.1) is 23.2 Å². The molecule has 2 aromatic heterocycles. The number of aliphatic hydroxyl groups is 1. The van der Waals surface area contributed by atoms with Gasteiger partial charge in [0.2, 0.25) is 5.91 Å². The number of carbonyl (C=O) groups is 2. The lowest BCUT2D eigenvalue weighted by atomic mass is 9.48. The molecule has 2 aromatic rings. The topological polar surface area (TPSA) is 114 Å². The molecule has 4 bridgehead atoms. The van der Waals surface area contributed by atoms with Crippen LogP contribution in [0.2, 0.25) is 0 Å². The number of hydrogen-bond acceptors (Lipinski definition) is 5. The summed E-state index contributed by atoms with van der Waals surface area (Å²) in [5.74, 6) is 1.89. The van der Waals surface area contributed by atoms with Gasteiger partial charge in [-0.1, -0.05) is 6.92 Å². The average Bonchev–Trinajstić information content (AvgIpc) is 3.49. The third-order valence-corrected chi connectivity index (χ3v) is 8.18. The van der Waals surface area contributed by atoms with Crippen LogP contribution in [0.5, 0.6) is 0 Å². The van der Waals surface area contributed by atoms with E-state index in [0.717, 1.165) is 32.1 Å². The molecule has 4 aliphatic rings. The fourth-order valence-electron chi connectivity index (χ4n) is 6.84. The van der Waals surface area contributed by atoms with Gasteiger partial charge in [-0.3, -0.25) is 9.59 Å². The van der Waals surface area contributed by atoms with Gasteiger partial charge >= 0.3 is 0 Å². The van der Waals surface area contributed by atoms with Crippen molar-refractivity contribution in [3.8, 4) is 5.82 Å². The second-order valence-electron chi connectivity index (χ2n) is 11.3. The predicted octanol–water partition coefficient (Wildman–Crippen LogP) is 2.76. The summed E-state index contributed by atoms with van der Waals surface area (Å²) in [6.45, 7) is 5.89. The summed E-state index contributed by atoms with van der Waals surface area (Å²) >= 11 is 0. The van der Waals surface area contributed by atoms with Crippen molar-refractivity contribution in [2.75, 3.05) is 6.61 Å². The molecule has 9 nitrogen and oxygen atoms in total. The van der Waals surface area contributed by atoms with Gasteiger partial charge in [-0.05, 0) is 81.3 Å². The predicted molar refractivity (Wildman–Crippen MR) is 132 cm³/mol. The van der Waals surface area contributed by atoms with Crippen molar-refractivity contribution in [1.82, 2.24) is 30.2 Å². The van der Waals surface area contributed by atoms with Gasteiger partial charge in [-0.15, -0.1) is 0 Å². The largest absolute Gasteiger partial charge is 0.396 e. The highest BCUT2D eigenvalue weighted by Crippen LogP contribution is 2.59. The third kappa shape index (κ3) is 4.53. The molecule has 6 rings (SSSR count). The van der Waals surface area contributed by atoms with Crippen LogP contribution in [0.25, 0.3) is 12.0 Å². The Balaban J connectivity index is 1.39. The van der Waals surface area contributed by atoms with E-state index in [0.29, 0.717) is 35.6 Å². The number of aliphatic hydroxyl groups excluding tert-OH is 1.